The Morgan fingerprint density at radius 1 is 1.10 bits per heavy atom. The molecule has 0 radical (unpaired) electrons. The van der Waals surface area contributed by atoms with Crippen molar-refractivity contribution >= 4 is 11.2 Å². The van der Waals surface area contributed by atoms with E-state index in [9.17, 15) is 4.91 Å². The Balaban J connectivity index is 2.34. The van der Waals surface area contributed by atoms with Crippen LogP contribution in [0.2, 0.25) is 0 Å². The Bertz CT molecular complexity index is 864. The quantitative estimate of drug-likeness (QED) is 0.666. The first-order valence-corrected chi connectivity index (χ1v) is 6.78. The maximum Gasteiger partial charge on any atom is 0.126 e. The number of hydrogen-bond donors (Lipinski definition) is 0. The number of fused-ring (bicyclic) bond motifs is 1. The van der Waals surface area contributed by atoms with Crippen molar-refractivity contribution in [2.75, 3.05) is 0 Å². The third-order valence-electron chi connectivity index (χ3n) is 3.64. The van der Waals surface area contributed by atoms with E-state index in [0.29, 0.717) is 5.69 Å². The molecule has 0 unspecified atom stereocenters. The molecule has 3 rings (SSSR count). The molecule has 0 aliphatic heterocycles. The first kappa shape index (κ1) is 13.4. The van der Waals surface area contributed by atoms with Crippen LogP contribution in [0.3, 0.4) is 0 Å². The van der Waals surface area contributed by atoms with Crippen LogP contribution in [0.1, 0.15) is 22.5 Å². The number of pyridine rings is 2. The van der Waals surface area contributed by atoms with Crippen LogP contribution in [-0.2, 0) is 0 Å². The summed E-state index contributed by atoms with van der Waals surface area (Å²) in [5.74, 6) is 0. The minimum Gasteiger partial charge on any atom is -0.253 e. The van der Waals surface area contributed by atoms with Crippen molar-refractivity contribution in [3.8, 4) is 11.3 Å². The highest BCUT2D eigenvalue weighted by Crippen LogP contribution is 2.31. The fourth-order valence-electron chi connectivity index (χ4n) is 2.76. The maximum atomic E-state index is 10.6. The van der Waals surface area contributed by atoms with Crippen molar-refractivity contribution in [1.82, 2.24) is 14.6 Å². The van der Waals surface area contributed by atoms with Crippen LogP contribution in [0.25, 0.3) is 16.8 Å². The molecule has 5 nitrogen and oxygen atoms in total. The van der Waals surface area contributed by atoms with Gasteiger partial charge in [-0.05, 0) is 62.2 Å². The van der Waals surface area contributed by atoms with Crippen LogP contribution in [0, 0.1) is 32.6 Å². The molecular weight excluding hydrogens is 264 g/mol. The van der Waals surface area contributed by atoms with Gasteiger partial charge in [-0.25, -0.2) is 4.52 Å². The molecule has 0 aliphatic carbocycles. The molecule has 0 atom stereocenters. The third kappa shape index (κ3) is 2.11. The molecule has 3 heterocycles. The fraction of sp³-hybridized carbons (Fsp3) is 0.250. The van der Waals surface area contributed by atoms with Gasteiger partial charge < -0.3 is 0 Å². The fourth-order valence-corrected chi connectivity index (χ4v) is 2.76. The lowest BCUT2D eigenvalue weighted by atomic mass is 10.0. The molecule has 0 saturated carbocycles. The number of nitroso groups, excluding NO2 is 1. The van der Waals surface area contributed by atoms with Crippen LogP contribution in [0.15, 0.2) is 29.6 Å². The molecule has 3 aromatic rings. The molecular formula is C16H16N4O. The van der Waals surface area contributed by atoms with E-state index in [1.165, 1.54) is 11.8 Å². The van der Waals surface area contributed by atoms with Crippen LogP contribution in [0.4, 0.5) is 5.69 Å². The topological polar surface area (TPSA) is 59.6 Å². The lowest BCUT2D eigenvalue weighted by Crippen LogP contribution is -1.94. The summed E-state index contributed by atoms with van der Waals surface area (Å²) >= 11 is 0. The highest BCUT2D eigenvalue weighted by molar-refractivity contribution is 5.83. The molecule has 0 aliphatic rings. The van der Waals surface area contributed by atoms with Gasteiger partial charge in [0.15, 0.2) is 0 Å². The van der Waals surface area contributed by atoms with Gasteiger partial charge in [0.1, 0.15) is 5.69 Å². The van der Waals surface area contributed by atoms with Crippen molar-refractivity contribution in [2.45, 2.75) is 27.7 Å². The monoisotopic (exact) mass is 280 g/mol. The standard InChI is InChI=1S/C16H16N4O/c1-9-5-11(3)20-14(6-9)15(12(4)18-20)16-10(2)7-13(19-21)8-17-16/h5-8H,1-4H3. The van der Waals surface area contributed by atoms with Crippen molar-refractivity contribution in [2.24, 2.45) is 5.18 Å². The van der Waals surface area contributed by atoms with Crippen molar-refractivity contribution in [3.63, 3.8) is 0 Å². The van der Waals surface area contributed by atoms with Crippen LogP contribution in [0.5, 0.6) is 0 Å². The molecule has 0 amide bonds. The molecule has 0 bridgehead atoms. The summed E-state index contributed by atoms with van der Waals surface area (Å²) in [6.07, 6.45) is 1.50. The second-order valence-electron chi connectivity index (χ2n) is 5.38. The van der Waals surface area contributed by atoms with Gasteiger partial charge in [0.2, 0.25) is 0 Å². The Hall–Kier alpha value is -2.56. The van der Waals surface area contributed by atoms with Gasteiger partial charge in [0, 0.05) is 11.3 Å². The van der Waals surface area contributed by atoms with Crippen molar-refractivity contribution < 1.29 is 0 Å². The third-order valence-corrected chi connectivity index (χ3v) is 3.64. The minimum atomic E-state index is 0.345. The second-order valence-corrected chi connectivity index (χ2v) is 5.38. The Labute approximate surface area is 122 Å². The second kappa shape index (κ2) is 4.77. The SMILES string of the molecule is Cc1cc(C)n2nc(C)c(-c3ncc(N=O)cc3C)c2c1. The molecule has 21 heavy (non-hydrogen) atoms. The molecule has 0 fully saturated rings. The van der Waals surface area contributed by atoms with Crippen LogP contribution >= 0.6 is 0 Å². The molecule has 106 valence electrons. The van der Waals surface area contributed by atoms with Crippen LogP contribution < -0.4 is 0 Å². The van der Waals surface area contributed by atoms with Gasteiger partial charge in [-0.3, -0.25) is 4.98 Å². The number of nitrogens with zero attached hydrogens (tertiary/aromatic N) is 4. The van der Waals surface area contributed by atoms with Gasteiger partial charge in [0.25, 0.3) is 0 Å². The summed E-state index contributed by atoms with van der Waals surface area (Å²) < 4.78 is 1.94. The molecule has 3 aromatic heterocycles. The average molecular weight is 280 g/mol. The zero-order chi connectivity index (χ0) is 15.1. The number of rotatable bonds is 2. The largest absolute Gasteiger partial charge is 0.253 e. The molecule has 0 spiro atoms. The smallest absolute Gasteiger partial charge is 0.126 e. The summed E-state index contributed by atoms with van der Waals surface area (Å²) in [7, 11) is 0. The Morgan fingerprint density at radius 3 is 2.52 bits per heavy atom. The van der Waals surface area contributed by atoms with Crippen LogP contribution in [-0.4, -0.2) is 14.6 Å². The molecule has 0 N–H and O–H groups in total. The molecule has 0 aromatic carbocycles. The summed E-state index contributed by atoms with van der Waals surface area (Å²) in [6, 6.07) is 5.96. The van der Waals surface area contributed by atoms with E-state index in [1.54, 1.807) is 6.07 Å². The summed E-state index contributed by atoms with van der Waals surface area (Å²) in [6.45, 7) is 8.02. The highest BCUT2D eigenvalue weighted by atomic mass is 16.3. The normalized spacial score (nSPS) is 11.0. The maximum absolute atomic E-state index is 10.6. The van der Waals surface area contributed by atoms with E-state index < -0.39 is 0 Å². The van der Waals surface area contributed by atoms with E-state index in [-0.39, 0.29) is 0 Å². The van der Waals surface area contributed by atoms with E-state index in [0.717, 1.165) is 33.7 Å². The molecule has 0 saturated heterocycles. The predicted molar refractivity (Wildman–Crippen MR) is 82.8 cm³/mol. The number of aromatic nitrogens is 3. The zero-order valence-corrected chi connectivity index (χ0v) is 12.5. The molecule has 5 heteroatoms. The highest BCUT2D eigenvalue weighted by Gasteiger charge is 2.16. The van der Waals surface area contributed by atoms with Gasteiger partial charge in [0.05, 0.1) is 23.1 Å². The van der Waals surface area contributed by atoms with Gasteiger partial charge in [-0.1, -0.05) is 0 Å². The van der Waals surface area contributed by atoms with E-state index >= 15 is 0 Å². The predicted octanol–water partition coefficient (Wildman–Crippen LogP) is 4.03. The lowest BCUT2D eigenvalue weighted by molar-refractivity contribution is 0.891. The number of hydrogen-bond acceptors (Lipinski definition) is 4. The summed E-state index contributed by atoms with van der Waals surface area (Å²) in [5, 5.41) is 7.54. The van der Waals surface area contributed by atoms with E-state index in [1.807, 2.05) is 25.3 Å². The first-order valence-electron chi connectivity index (χ1n) is 6.78. The van der Waals surface area contributed by atoms with Gasteiger partial charge in [-0.15, -0.1) is 4.91 Å². The minimum absolute atomic E-state index is 0.345. The van der Waals surface area contributed by atoms with Crippen molar-refractivity contribution in [3.05, 3.63) is 51.8 Å². The van der Waals surface area contributed by atoms with E-state index in [2.05, 4.69) is 34.3 Å². The van der Waals surface area contributed by atoms with Gasteiger partial charge in [-0.2, -0.15) is 5.10 Å². The summed E-state index contributed by atoms with van der Waals surface area (Å²) in [4.78, 5) is 15.0. The first-order chi connectivity index (χ1) is 10.0. The van der Waals surface area contributed by atoms with Gasteiger partial charge >= 0.3 is 0 Å². The summed E-state index contributed by atoms with van der Waals surface area (Å²) in [5.41, 5.74) is 7.35. The number of aryl methyl sites for hydroxylation is 4. The Morgan fingerprint density at radius 2 is 1.86 bits per heavy atom. The van der Waals surface area contributed by atoms with E-state index in [4.69, 9.17) is 0 Å². The average Bonchev–Trinajstić information content (AvgIpc) is 2.75. The van der Waals surface area contributed by atoms with Crippen molar-refractivity contribution in [1.29, 1.82) is 0 Å². The zero-order valence-electron chi connectivity index (χ0n) is 12.5. The lowest BCUT2D eigenvalue weighted by Gasteiger charge is -2.06. The Kier molecular flexibility index (Phi) is 3.05.